The topological polar surface area (TPSA) is 29.3 Å². The van der Waals surface area contributed by atoms with Crippen molar-refractivity contribution in [2.24, 2.45) is 0 Å². The second kappa shape index (κ2) is 6.23. The molecule has 20 heavy (non-hydrogen) atoms. The molecule has 0 amide bonds. The molecule has 0 radical (unpaired) electrons. The van der Waals surface area contributed by atoms with Crippen molar-refractivity contribution in [2.45, 2.75) is 31.6 Å². The van der Waals surface area contributed by atoms with E-state index >= 15 is 0 Å². The van der Waals surface area contributed by atoms with Crippen LogP contribution in [0.1, 0.15) is 35.6 Å². The minimum absolute atomic E-state index is 0.579. The highest BCUT2D eigenvalue weighted by Crippen LogP contribution is 2.29. The average Bonchev–Trinajstić information content (AvgIpc) is 2.95. The number of aryl methyl sites for hydroxylation is 2. The van der Waals surface area contributed by atoms with E-state index in [9.17, 15) is 0 Å². The van der Waals surface area contributed by atoms with E-state index in [2.05, 4.69) is 47.4 Å². The van der Waals surface area contributed by atoms with Crippen LogP contribution in [0.4, 0.5) is 0 Å². The molecule has 0 spiro atoms. The first kappa shape index (κ1) is 13.4. The van der Waals surface area contributed by atoms with Crippen LogP contribution in [0, 0.1) is 0 Å². The molecular weight excluding hydrogens is 248 g/mol. The number of nitrogens with zero attached hydrogens (tertiary/aromatic N) is 2. The largest absolute Gasteiger partial charge is 0.364 e. The van der Waals surface area contributed by atoms with E-state index in [1.807, 2.05) is 6.26 Å². The Balaban J connectivity index is 1.64. The predicted octanol–water partition coefficient (Wildman–Crippen LogP) is 3.27. The molecule has 2 heterocycles. The fourth-order valence-corrected chi connectivity index (χ4v) is 3.00. The molecule has 1 aliphatic heterocycles. The van der Waals surface area contributed by atoms with Crippen LogP contribution in [0.25, 0.3) is 0 Å². The third-order valence-corrected chi connectivity index (χ3v) is 4.31. The first-order chi connectivity index (χ1) is 9.83. The van der Waals surface area contributed by atoms with Crippen molar-refractivity contribution in [3.05, 3.63) is 53.4 Å². The normalized spacial score (nSPS) is 17.4. The van der Waals surface area contributed by atoms with Gasteiger partial charge in [0.05, 0.1) is 5.69 Å². The lowest BCUT2D eigenvalue weighted by molar-refractivity contribution is 0.249. The maximum Gasteiger partial charge on any atom is 0.127 e. The Bertz CT molecular complexity index is 527. The van der Waals surface area contributed by atoms with Crippen molar-refractivity contribution in [1.82, 2.24) is 10.1 Å². The Morgan fingerprint density at radius 2 is 1.90 bits per heavy atom. The minimum Gasteiger partial charge on any atom is -0.364 e. The number of rotatable bonds is 4. The maximum atomic E-state index is 5.25. The Hall–Kier alpha value is -1.61. The predicted molar refractivity (Wildman–Crippen MR) is 79.8 cm³/mol. The van der Waals surface area contributed by atoms with E-state index in [0.29, 0.717) is 5.92 Å². The van der Waals surface area contributed by atoms with Crippen molar-refractivity contribution < 1.29 is 4.52 Å². The van der Waals surface area contributed by atoms with E-state index in [-0.39, 0.29) is 0 Å². The van der Waals surface area contributed by atoms with Gasteiger partial charge in [0.1, 0.15) is 6.26 Å². The number of aromatic nitrogens is 1. The van der Waals surface area contributed by atoms with Crippen molar-refractivity contribution in [3.63, 3.8) is 0 Å². The van der Waals surface area contributed by atoms with Crippen LogP contribution in [-0.2, 0) is 12.8 Å². The molecule has 3 nitrogen and oxygen atoms in total. The number of hydrogen-bond donors (Lipinski definition) is 0. The van der Waals surface area contributed by atoms with E-state index in [1.54, 1.807) is 0 Å². The standard InChI is InChI=1S/C17H22N2O/c1-19-11-9-15(10-12-19)17-16(13-20-18-17)8-7-14-5-3-2-4-6-14/h2-6,13,15H,7-12H2,1H3. The molecule has 0 saturated carbocycles. The van der Waals surface area contributed by atoms with E-state index in [0.717, 1.165) is 25.9 Å². The number of piperidine rings is 1. The maximum absolute atomic E-state index is 5.25. The lowest BCUT2D eigenvalue weighted by Crippen LogP contribution is -2.29. The smallest absolute Gasteiger partial charge is 0.127 e. The molecule has 0 unspecified atom stereocenters. The summed E-state index contributed by atoms with van der Waals surface area (Å²) in [6, 6.07) is 10.6. The van der Waals surface area contributed by atoms with Crippen LogP contribution in [0.3, 0.4) is 0 Å². The van der Waals surface area contributed by atoms with Crippen LogP contribution in [0.5, 0.6) is 0 Å². The molecule has 1 aromatic carbocycles. The summed E-state index contributed by atoms with van der Waals surface area (Å²) in [5.74, 6) is 0.579. The van der Waals surface area contributed by atoms with E-state index < -0.39 is 0 Å². The summed E-state index contributed by atoms with van der Waals surface area (Å²) in [6.07, 6.45) is 6.32. The Morgan fingerprint density at radius 1 is 1.15 bits per heavy atom. The summed E-state index contributed by atoms with van der Waals surface area (Å²) < 4.78 is 5.25. The molecule has 0 atom stereocenters. The zero-order valence-electron chi connectivity index (χ0n) is 12.1. The van der Waals surface area contributed by atoms with Gasteiger partial charge >= 0.3 is 0 Å². The van der Waals surface area contributed by atoms with Gasteiger partial charge in [-0.2, -0.15) is 0 Å². The zero-order chi connectivity index (χ0) is 13.8. The summed E-state index contributed by atoms with van der Waals surface area (Å²) in [4.78, 5) is 2.39. The highest BCUT2D eigenvalue weighted by atomic mass is 16.5. The second-order valence-electron chi connectivity index (χ2n) is 5.79. The third-order valence-electron chi connectivity index (χ3n) is 4.31. The highest BCUT2D eigenvalue weighted by Gasteiger charge is 2.23. The molecule has 0 aliphatic carbocycles. The second-order valence-corrected chi connectivity index (χ2v) is 5.79. The lowest BCUT2D eigenvalue weighted by atomic mass is 9.90. The first-order valence-corrected chi connectivity index (χ1v) is 7.48. The van der Waals surface area contributed by atoms with Gasteiger partial charge < -0.3 is 9.42 Å². The fourth-order valence-electron chi connectivity index (χ4n) is 3.00. The number of hydrogen-bond acceptors (Lipinski definition) is 3. The zero-order valence-corrected chi connectivity index (χ0v) is 12.1. The Labute approximate surface area is 120 Å². The van der Waals surface area contributed by atoms with E-state index in [4.69, 9.17) is 4.52 Å². The van der Waals surface area contributed by atoms with E-state index in [1.165, 1.54) is 29.7 Å². The minimum atomic E-state index is 0.579. The van der Waals surface area contributed by atoms with Gasteiger partial charge in [-0.1, -0.05) is 35.5 Å². The van der Waals surface area contributed by atoms with Crippen molar-refractivity contribution in [3.8, 4) is 0 Å². The summed E-state index contributed by atoms with van der Waals surface area (Å²) in [7, 11) is 2.19. The van der Waals surface area contributed by atoms with Crippen molar-refractivity contribution in [1.29, 1.82) is 0 Å². The van der Waals surface area contributed by atoms with Crippen molar-refractivity contribution in [2.75, 3.05) is 20.1 Å². The average molecular weight is 270 g/mol. The molecular formula is C17H22N2O. The van der Waals surface area contributed by atoms with Gasteiger partial charge in [-0.25, -0.2) is 0 Å². The Morgan fingerprint density at radius 3 is 2.65 bits per heavy atom. The van der Waals surface area contributed by atoms with Crippen LogP contribution >= 0.6 is 0 Å². The number of benzene rings is 1. The molecule has 1 saturated heterocycles. The lowest BCUT2D eigenvalue weighted by Gasteiger charge is -2.28. The SMILES string of the molecule is CN1CCC(c2nocc2CCc2ccccc2)CC1. The summed E-state index contributed by atoms with van der Waals surface area (Å²) >= 11 is 0. The summed E-state index contributed by atoms with van der Waals surface area (Å²) in [5, 5.41) is 4.28. The highest BCUT2D eigenvalue weighted by molar-refractivity contribution is 5.23. The molecule has 0 N–H and O–H groups in total. The third kappa shape index (κ3) is 3.10. The molecule has 106 valence electrons. The van der Waals surface area contributed by atoms with Crippen LogP contribution in [0.15, 0.2) is 41.1 Å². The van der Waals surface area contributed by atoms with Crippen molar-refractivity contribution >= 4 is 0 Å². The summed E-state index contributed by atoms with van der Waals surface area (Å²) in [6.45, 7) is 2.32. The molecule has 1 fully saturated rings. The molecule has 1 aliphatic rings. The van der Waals surface area contributed by atoms with Crippen LogP contribution in [0.2, 0.25) is 0 Å². The van der Waals surface area contributed by atoms with Gasteiger partial charge in [-0.15, -0.1) is 0 Å². The van der Waals surface area contributed by atoms with Gasteiger partial charge in [-0.3, -0.25) is 0 Å². The molecule has 1 aromatic heterocycles. The first-order valence-electron chi connectivity index (χ1n) is 7.48. The number of likely N-dealkylation sites (tertiary alicyclic amines) is 1. The van der Waals surface area contributed by atoms with Crippen LogP contribution in [-0.4, -0.2) is 30.2 Å². The van der Waals surface area contributed by atoms with Gasteiger partial charge in [0.2, 0.25) is 0 Å². The fraction of sp³-hybridized carbons (Fsp3) is 0.471. The summed E-state index contributed by atoms with van der Waals surface area (Å²) in [5.41, 5.74) is 3.88. The quantitative estimate of drug-likeness (QED) is 0.854. The van der Waals surface area contributed by atoms with Gasteiger partial charge in [0.25, 0.3) is 0 Å². The molecule has 0 bridgehead atoms. The van der Waals surface area contributed by atoms with Gasteiger partial charge in [0, 0.05) is 11.5 Å². The Kier molecular flexibility index (Phi) is 4.16. The molecule has 3 heteroatoms. The van der Waals surface area contributed by atoms with Crippen LogP contribution < -0.4 is 0 Å². The van der Waals surface area contributed by atoms with Gasteiger partial charge in [-0.05, 0) is 51.4 Å². The molecule has 3 rings (SSSR count). The monoisotopic (exact) mass is 270 g/mol. The van der Waals surface area contributed by atoms with Gasteiger partial charge in [0.15, 0.2) is 0 Å². The molecule has 2 aromatic rings.